The van der Waals surface area contributed by atoms with Gasteiger partial charge < -0.3 is 13.7 Å². The van der Waals surface area contributed by atoms with Gasteiger partial charge in [-0.2, -0.15) is 4.57 Å². The number of hydrogen-bond acceptors (Lipinski definition) is 6. The summed E-state index contributed by atoms with van der Waals surface area (Å²) in [6.07, 6.45) is 3.79. The van der Waals surface area contributed by atoms with Crippen LogP contribution in [-0.2, 0) is 16.7 Å². The van der Waals surface area contributed by atoms with Gasteiger partial charge in [0.1, 0.15) is 12.3 Å². The van der Waals surface area contributed by atoms with Crippen molar-refractivity contribution in [2.24, 2.45) is 0 Å². The van der Waals surface area contributed by atoms with Crippen LogP contribution in [0.15, 0.2) is 59.3 Å². The van der Waals surface area contributed by atoms with Crippen molar-refractivity contribution in [2.75, 3.05) is 12.9 Å². The predicted molar refractivity (Wildman–Crippen MR) is 120 cm³/mol. The third kappa shape index (κ3) is 4.51. The lowest BCUT2D eigenvalue weighted by molar-refractivity contribution is -0.671. The van der Waals surface area contributed by atoms with Crippen LogP contribution >= 0.6 is 0 Å². The quantitative estimate of drug-likeness (QED) is 0.310. The van der Waals surface area contributed by atoms with E-state index in [1.807, 2.05) is 67.1 Å². The third-order valence-electron chi connectivity index (χ3n) is 5.54. The number of para-hydroxylation sites is 1. The largest absolute Gasteiger partial charge is 0.748 e. The number of ether oxygens (including phenoxy) is 1. The van der Waals surface area contributed by atoms with E-state index in [1.54, 1.807) is 13.3 Å². The van der Waals surface area contributed by atoms with Crippen LogP contribution in [0.4, 0.5) is 0 Å². The van der Waals surface area contributed by atoms with Crippen LogP contribution in [0.3, 0.4) is 0 Å². The molecule has 0 atom stereocenters. The Morgan fingerprint density at radius 2 is 1.84 bits per heavy atom. The summed E-state index contributed by atoms with van der Waals surface area (Å²) in [4.78, 5) is 4.51. The topological polar surface area (TPSA) is 96.3 Å². The first-order valence-electron chi connectivity index (χ1n) is 10.2. The summed E-state index contributed by atoms with van der Waals surface area (Å²) in [5.74, 6) is 1.42. The van der Waals surface area contributed by atoms with Crippen molar-refractivity contribution in [3.05, 3.63) is 66.0 Å². The first kappa shape index (κ1) is 22.0. The summed E-state index contributed by atoms with van der Waals surface area (Å²) in [7, 11) is -2.60. The van der Waals surface area contributed by atoms with Crippen molar-refractivity contribution in [3.8, 4) is 28.5 Å². The van der Waals surface area contributed by atoms with E-state index in [2.05, 4.69) is 4.98 Å². The smallest absolute Gasteiger partial charge is 0.227 e. The van der Waals surface area contributed by atoms with Crippen LogP contribution in [0.25, 0.3) is 33.7 Å². The molecular weight excluding hydrogens is 428 g/mol. The van der Waals surface area contributed by atoms with Gasteiger partial charge in [0.25, 0.3) is 0 Å². The highest BCUT2D eigenvalue weighted by Crippen LogP contribution is 2.35. The lowest BCUT2D eigenvalue weighted by Crippen LogP contribution is -2.35. The van der Waals surface area contributed by atoms with E-state index >= 15 is 0 Å². The number of fused-ring (bicyclic) bond motifs is 1. The molecule has 0 saturated carbocycles. The zero-order chi connectivity index (χ0) is 22.9. The molecule has 166 valence electrons. The van der Waals surface area contributed by atoms with E-state index in [4.69, 9.17) is 9.15 Å². The van der Waals surface area contributed by atoms with Gasteiger partial charge in [0.05, 0.1) is 39.9 Å². The van der Waals surface area contributed by atoms with Crippen LogP contribution < -0.4 is 9.30 Å². The maximum atomic E-state index is 10.9. The van der Waals surface area contributed by atoms with E-state index in [-0.39, 0.29) is 6.42 Å². The van der Waals surface area contributed by atoms with Crippen LogP contribution in [-0.4, -0.2) is 30.8 Å². The highest BCUT2D eigenvalue weighted by atomic mass is 32.2. The highest BCUT2D eigenvalue weighted by Gasteiger charge is 2.19. The lowest BCUT2D eigenvalue weighted by atomic mass is 10.0. The van der Waals surface area contributed by atoms with Crippen LogP contribution in [0.5, 0.6) is 5.75 Å². The fraction of sp³-hybridized carbons (Fsp3) is 0.250. The Morgan fingerprint density at radius 1 is 1.09 bits per heavy atom. The molecule has 8 heteroatoms. The SMILES string of the molecule is COc1cc(C)c(C)cc1-c1cnc(-c2cc[n+](CCCS(=O)(=O)[O-])c3ccccc23)o1. The number of methoxy groups -OCH3 is 1. The van der Waals surface area contributed by atoms with Gasteiger partial charge in [0.15, 0.2) is 12.0 Å². The molecule has 4 rings (SSSR count). The summed E-state index contributed by atoms with van der Waals surface area (Å²) in [5.41, 5.74) is 4.82. The number of benzene rings is 2. The number of hydrogen-bond donors (Lipinski definition) is 0. The van der Waals surface area contributed by atoms with Crippen LogP contribution in [0, 0.1) is 13.8 Å². The molecule has 0 amide bonds. The normalized spacial score (nSPS) is 11.8. The highest BCUT2D eigenvalue weighted by molar-refractivity contribution is 7.85. The van der Waals surface area contributed by atoms with Crippen molar-refractivity contribution in [1.29, 1.82) is 0 Å². The third-order valence-corrected chi connectivity index (χ3v) is 6.32. The molecule has 0 saturated heterocycles. The second-order valence-electron chi connectivity index (χ2n) is 7.72. The number of rotatable bonds is 7. The van der Waals surface area contributed by atoms with Gasteiger partial charge in [-0.25, -0.2) is 13.4 Å². The predicted octanol–water partition coefficient (Wildman–Crippen LogP) is 4.01. The van der Waals surface area contributed by atoms with Crippen molar-refractivity contribution in [2.45, 2.75) is 26.8 Å². The summed E-state index contributed by atoms with van der Waals surface area (Å²) in [5, 5.41) is 0.917. The molecule has 0 aliphatic carbocycles. The molecule has 2 heterocycles. The molecule has 4 aromatic rings. The molecule has 2 aromatic carbocycles. The van der Waals surface area contributed by atoms with Gasteiger partial charge in [-0.15, -0.1) is 0 Å². The Hall–Kier alpha value is -3.23. The van der Waals surface area contributed by atoms with Crippen molar-refractivity contribution < 1.29 is 26.7 Å². The van der Waals surface area contributed by atoms with Crippen molar-refractivity contribution in [1.82, 2.24) is 4.98 Å². The number of nitrogens with zero attached hydrogens (tertiary/aromatic N) is 2. The fourth-order valence-electron chi connectivity index (χ4n) is 3.75. The molecule has 0 aliphatic heterocycles. The Morgan fingerprint density at radius 3 is 2.59 bits per heavy atom. The standard InChI is InChI=1S/C24H24N2O5S/c1-16-13-20(22(30-3)14-17(16)2)23-15-25-24(31-23)19-9-11-26(10-6-12-32(27,28)29)21-8-5-4-7-18(19)21/h4-5,7-9,11,13-15H,6,10,12H2,1-3H3. The summed E-state index contributed by atoms with van der Waals surface area (Å²) >= 11 is 0. The van der Waals surface area contributed by atoms with Crippen LogP contribution in [0.1, 0.15) is 17.5 Å². The molecule has 0 spiro atoms. The second kappa shape index (κ2) is 8.72. The monoisotopic (exact) mass is 452 g/mol. The van der Waals surface area contributed by atoms with Crippen molar-refractivity contribution >= 4 is 21.0 Å². The molecule has 0 bridgehead atoms. The number of aromatic nitrogens is 2. The average molecular weight is 453 g/mol. The zero-order valence-corrected chi connectivity index (χ0v) is 19.0. The van der Waals surface area contributed by atoms with E-state index in [9.17, 15) is 13.0 Å². The second-order valence-corrected chi connectivity index (χ2v) is 9.25. The minimum atomic E-state index is -4.23. The Labute approximate surface area is 187 Å². The Bertz CT molecular complexity index is 1390. The molecule has 0 radical (unpaired) electrons. The van der Waals surface area contributed by atoms with Gasteiger partial charge in [-0.1, -0.05) is 12.1 Å². The minimum absolute atomic E-state index is 0.246. The molecule has 2 aromatic heterocycles. The molecular formula is C24H24N2O5S. The molecule has 7 nitrogen and oxygen atoms in total. The lowest BCUT2D eigenvalue weighted by Gasteiger charge is -2.09. The fourth-order valence-corrected chi connectivity index (χ4v) is 4.24. The number of oxazole rings is 1. The van der Waals surface area contributed by atoms with E-state index in [0.29, 0.717) is 18.2 Å². The zero-order valence-electron chi connectivity index (χ0n) is 18.2. The summed E-state index contributed by atoms with van der Waals surface area (Å²) in [6, 6.07) is 13.6. The summed E-state index contributed by atoms with van der Waals surface area (Å²) < 4.78 is 46.4. The first-order chi connectivity index (χ1) is 15.3. The van der Waals surface area contributed by atoms with Gasteiger partial charge in [-0.05, 0) is 43.2 Å². The van der Waals surface area contributed by atoms with E-state index in [0.717, 1.165) is 38.9 Å². The van der Waals surface area contributed by atoms with E-state index in [1.165, 1.54) is 0 Å². The Kier molecular flexibility index (Phi) is 5.99. The molecule has 0 N–H and O–H groups in total. The molecule has 0 fully saturated rings. The molecule has 0 aliphatic rings. The van der Waals surface area contributed by atoms with Gasteiger partial charge in [-0.3, -0.25) is 0 Å². The first-order valence-corrected chi connectivity index (χ1v) is 11.8. The van der Waals surface area contributed by atoms with Gasteiger partial charge >= 0.3 is 0 Å². The van der Waals surface area contributed by atoms with Gasteiger partial charge in [0, 0.05) is 24.3 Å². The molecule has 0 unspecified atom stereocenters. The average Bonchev–Trinajstić information content (AvgIpc) is 3.24. The minimum Gasteiger partial charge on any atom is -0.748 e. The summed E-state index contributed by atoms with van der Waals surface area (Å²) in [6.45, 7) is 4.49. The maximum absolute atomic E-state index is 10.9. The van der Waals surface area contributed by atoms with Crippen molar-refractivity contribution in [3.63, 3.8) is 0 Å². The maximum Gasteiger partial charge on any atom is 0.227 e. The van der Waals surface area contributed by atoms with E-state index < -0.39 is 15.9 Å². The van der Waals surface area contributed by atoms with Crippen LogP contribution in [0.2, 0.25) is 0 Å². The Balaban J connectivity index is 1.72. The van der Waals surface area contributed by atoms with Gasteiger partial charge in [0.2, 0.25) is 11.4 Å². The number of pyridine rings is 1. The molecule has 32 heavy (non-hydrogen) atoms. The number of aryl methyl sites for hydroxylation is 3.